The van der Waals surface area contributed by atoms with E-state index in [1.165, 1.54) is 12.1 Å². The first-order chi connectivity index (χ1) is 13.8. The van der Waals surface area contributed by atoms with Crippen molar-refractivity contribution in [1.82, 2.24) is 10.6 Å². The van der Waals surface area contributed by atoms with Crippen LogP contribution in [0, 0.1) is 6.92 Å². The van der Waals surface area contributed by atoms with Crippen molar-refractivity contribution < 1.29 is 24.2 Å². The summed E-state index contributed by atoms with van der Waals surface area (Å²) in [4.78, 5) is 35.9. The van der Waals surface area contributed by atoms with Gasteiger partial charge in [0.05, 0.1) is 0 Å². The number of carbonyl (C=O) groups excluding carboxylic acids is 3. The number of nitrogens with one attached hydrogen (secondary N) is 2. The Morgan fingerprint density at radius 3 is 2.21 bits per heavy atom. The minimum atomic E-state index is -0.720. The molecular weight excluding hydrogens is 372 g/mol. The number of aryl methyl sites for hydroxylation is 1. The van der Waals surface area contributed by atoms with Crippen LogP contribution in [0.5, 0.6) is 11.5 Å². The number of Topliss-reactive ketones (excluding diaryl/α,β-unsaturated/α-hetero) is 1. The van der Waals surface area contributed by atoms with Crippen LogP contribution in [-0.2, 0) is 9.59 Å². The highest BCUT2D eigenvalue weighted by Gasteiger charge is 2.14. The van der Waals surface area contributed by atoms with Crippen molar-refractivity contribution in [3.05, 3.63) is 59.7 Å². The van der Waals surface area contributed by atoms with E-state index in [4.69, 9.17) is 4.74 Å². The van der Waals surface area contributed by atoms with Crippen LogP contribution in [0.1, 0.15) is 35.7 Å². The summed E-state index contributed by atoms with van der Waals surface area (Å²) in [5.74, 6) is -0.0496. The van der Waals surface area contributed by atoms with Gasteiger partial charge >= 0.3 is 0 Å². The third-order valence-corrected chi connectivity index (χ3v) is 4.22. The van der Waals surface area contributed by atoms with E-state index in [-0.39, 0.29) is 49.3 Å². The van der Waals surface area contributed by atoms with Crippen LogP contribution in [0.2, 0.25) is 0 Å². The summed E-state index contributed by atoms with van der Waals surface area (Å²) in [7, 11) is 0. The van der Waals surface area contributed by atoms with E-state index in [1.54, 1.807) is 31.2 Å². The van der Waals surface area contributed by atoms with Crippen molar-refractivity contribution in [2.24, 2.45) is 0 Å². The second-order valence-corrected chi connectivity index (χ2v) is 6.68. The molecule has 0 aliphatic heterocycles. The minimum absolute atomic E-state index is 0.0753. The van der Waals surface area contributed by atoms with Crippen LogP contribution in [0.25, 0.3) is 0 Å². The lowest BCUT2D eigenvalue weighted by Crippen LogP contribution is -2.40. The van der Waals surface area contributed by atoms with E-state index in [9.17, 15) is 19.5 Å². The second-order valence-electron chi connectivity index (χ2n) is 6.68. The highest BCUT2D eigenvalue weighted by molar-refractivity contribution is 5.97. The predicted octanol–water partition coefficient (Wildman–Crippen LogP) is 2.36. The van der Waals surface area contributed by atoms with Gasteiger partial charge in [0.25, 0.3) is 5.91 Å². The summed E-state index contributed by atoms with van der Waals surface area (Å²) in [6.07, 6.45) is -0.484. The van der Waals surface area contributed by atoms with Crippen molar-refractivity contribution in [3.8, 4) is 11.5 Å². The first kappa shape index (κ1) is 21.9. The number of phenolic OH excluding ortho intramolecular Hbond substituents is 1. The normalized spacial score (nSPS) is 11.4. The van der Waals surface area contributed by atoms with E-state index in [2.05, 4.69) is 10.6 Å². The molecule has 0 aliphatic rings. The zero-order chi connectivity index (χ0) is 21.2. The lowest BCUT2D eigenvalue weighted by atomic mass is 10.1. The number of ketones is 1. The molecule has 2 rings (SSSR count). The maximum absolute atomic E-state index is 12.1. The van der Waals surface area contributed by atoms with Crippen LogP contribution in [0.15, 0.2) is 48.5 Å². The largest absolute Gasteiger partial charge is 0.508 e. The Kier molecular flexibility index (Phi) is 8.21. The summed E-state index contributed by atoms with van der Waals surface area (Å²) in [5, 5.41) is 14.6. The molecule has 7 heteroatoms. The fourth-order valence-electron chi connectivity index (χ4n) is 2.51. The van der Waals surface area contributed by atoms with Crippen LogP contribution in [0.4, 0.5) is 0 Å². The molecule has 0 aliphatic carbocycles. The molecule has 2 aromatic rings. The Balaban J connectivity index is 1.61. The van der Waals surface area contributed by atoms with Gasteiger partial charge in [0.1, 0.15) is 11.5 Å². The SMILES string of the molecule is Cc1ccc(C(=O)CCC(=O)NCCNC(=O)C(C)Oc2ccc(O)cc2)cc1. The highest BCUT2D eigenvalue weighted by atomic mass is 16.5. The van der Waals surface area contributed by atoms with Gasteiger partial charge in [-0.25, -0.2) is 0 Å². The third-order valence-electron chi connectivity index (χ3n) is 4.22. The number of aromatic hydroxyl groups is 1. The number of carbonyl (C=O) groups is 3. The van der Waals surface area contributed by atoms with E-state index in [1.807, 2.05) is 19.1 Å². The molecule has 0 bridgehead atoms. The lowest BCUT2D eigenvalue weighted by Gasteiger charge is -2.15. The molecule has 0 saturated heterocycles. The van der Waals surface area contributed by atoms with Gasteiger partial charge in [-0.05, 0) is 38.1 Å². The zero-order valence-electron chi connectivity index (χ0n) is 16.6. The molecular formula is C22H26N2O5. The highest BCUT2D eigenvalue weighted by Crippen LogP contribution is 2.17. The predicted molar refractivity (Wildman–Crippen MR) is 109 cm³/mol. The summed E-state index contributed by atoms with van der Waals surface area (Å²) in [5.41, 5.74) is 1.67. The van der Waals surface area contributed by atoms with E-state index in [0.717, 1.165) is 5.56 Å². The Bertz CT molecular complexity index is 831. The van der Waals surface area contributed by atoms with Gasteiger partial charge in [0.2, 0.25) is 5.91 Å². The molecule has 2 amide bonds. The first-order valence-corrected chi connectivity index (χ1v) is 9.45. The van der Waals surface area contributed by atoms with E-state index in [0.29, 0.717) is 11.3 Å². The van der Waals surface area contributed by atoms with Crippen molar-refractivity contribution in [2.45, 2.75) is 32.8 Å². The Hall–Kier alpha value is -3.35. The fraction of sp³-hybridized carbons (Fsp3) is 0.318. The van der Waals surface area contributed by atoms with Crippen LogP contribution < -0.4 is 15.4 Å². The number of ether oxygens (including phenoxy) is 1. The molecule has 0 heterocycles. The van der Waals surface area contributed by atoms with Gasteiger partial charge in [-0.3, -0.25) is 14.4 Å². The number of amides is 2. The quantitative estimate of drug-likeness (QED) is 0.421. The van der Waals surface area contributed by atoms with Gasteiger partial charge < -0.3 is 20.5 Å². The van der Waals surface area contributed by atoms with Crippen molar-refractivity contribution in [1.29, 1.82) is 0 Å². The lowest BCUT2D eigenvalue weighted by molar-refractivity contribution is -0.127. The molecule has 1 unspecified atom stereocenters. The van der Waals surface area contributed by atoms with Crippen LogP contribution in [-0.4, -0.2) is 41.9 Å². The second kappa shape index (κ2) is 10.8. The topological polar surface area (TPSA) is 105 Å². The van der Waals surface area contributed by atoms with E-state index >= 15 is 0 Å². The number of phenols is 1. The Morgan fingerprint density at radius 1 is 0.931 bits per heavy atom. The van der Waals surface area contributed by atoms with Crippen LogP contribution in [0.3, 0.4) is 0 Å². The van der Waals surface area contributed by atoms with Gasteiger partial charge in [0.15, 0.2) is 11.9 Å². The molecule has 0 radical (unpaired) electrons. The van der Waals surface area contributed by atoms with Gasteiger partial charge in [0, 0.05) is 31.5 Å². The van der Waals surface area contributed by atoms with E-state index < -0.39 is 6.10 Å². The fourth-order valence-corrected chi connectivity index (χ4v) is 2.51. The minimum Gasteiger partial charge on any atom is -0.508 e. The Morgan fingerprint density at radius 2 is 1.55 bits per heavy atom. The van der Waals surface area contributed by atoms with Crippen LogP contribution >= 0.6 is 0 Å². The molecule has 154 valence electrons. The van der Waals surface area contributed by atoms with Gasteiger partial charge in [-0.2, -0.15) is 0 Å². The molecule has 0 fully saturated rings. The Labute approximate surface area is 170 Å². The van der Waals surface area contributed by atoms with Gasteiger partial charge in [-0.15, -0.1) is 0 Å². The molecule has 7 nitrogen and oxygen atoms in total. The maximum Gasteiger partial charge on any atom is 0.260 e. The van der Waals surface area contributed by atoms with Crippen molar-refractivity contribution in [2.75, 3.05) is 13.1 Å². The molecule has 0 saturated carbocycles. The molecule has 29 heavy (non-hydrogen) atoms. The van der Waals surface area contributed by atoms with Gasteiger partial charge in [-0.1, -0.05) is 29.8 Å². The van der Waals surface area contributed by atoms with Crippen molar-refractivity contribution in [3.63, 3.8) is 0 Å². The first-order valence-electron chi connectivity index (χ1n) is 9.45. The summed E-state index contributed by atoms with van der Waals surface area (Å²) in [6, 6.07) is 13.3. The smallest absolute Gasteiger partial charge is 0.260 e. The van der Waals surface area contributed by atoms with Crippen molar-refractivity contribution >= 4 is 17.6 Å². The molecule has 1 atom stereocenters. The summed E-state index contributed by atoms with van der Waals surface area (Å²) >= 11 is 0. The number of hydrogen-bond acceptors (Lipinski definition) is 5. The number of benzene rings is 2. The molecule has 0 aromatic heterocycles. The summed E-state index contributed by atoms with van der Waals surface area (Å²) < 4.78 is 5.48. The third kappa shape index (κ3) is 7.65. The maximum atomic E-state index is 12.1. The number of rotatable bonds is 10. The average Bonchev–Trinajstić information content (AvgIpc) is 2.71. The molecule has 3 N–H and O–H groups in total. The standard InChI is InChI=1S/C22H26N2O5/c1-15-3-5-17(6-4-15)20(26)11-12-21(27)23-13-14-24-22(28)16(2)29-19-9-7-18(25)8-10-19/h3-10,16,25H,11-14H2,1-2H3,(H,23,27)(H,24,28). The summed E-state index contributed by atoms with van der Waals surface area (Å²) in [6.45, 7) is 4.06. The zero-order valence-corrected chi connectivity index (χ0v) is 16.6. The number of hydrogen-bond donors (Lipinski definition) is 3. The molecule has 0 spiro atoms. The average molecular weight is 398 g/mol. The monoisotopic (exact) mass is 398 g/mol. The molecule has 2 aromatic carbocycles.